The van der Waals surface area contributed by atoms with Gasteiger partial charge in [-0.05, 0) is 32.2 Å². The van der Waals surface area contributed by atoms with Crippen LogP contribution in [-0.2, 0) is 0 Å². The molecule has 0 radical (unpaired) electrons. The molecule has 0 aromatic heterocycles. The van der Waals surface area contributed by atoms with Gasteiger partial charge < -0.3 is 0 Å². The van der Waals surface area contributed by atoms with Crippen molar-refractivity contribution >= 4 is 10.2 Å². The Bertz CT molecular complexity index is 162. The third kappa shape index (κ3) is 2.92. The molecule has 0 aliphatic carbocycles. The average molecular weight is 228 g/mol. The molecule has 15 heavy (non-hydrogen) atoms. The van der Waals surface area contributed by atoms with Crippen LogP contribution in [0.15, 0.2) is 12.7 Å². The topological polar surface area (TPSA) is 6.48 Å². The molecule has 0 unspecified atom stereocenters. The Morgan fingerprint density at radius 1 is 1.00 bits per heavy atom. The summed E-state index contributed by atoms with van der Waals surface area (Å²) in [5, 5.41) is 0. The van der Waals surface area contributed by atoms with Gasteiger partial charge >= 0.3 is 0 Å². The fraction of sp³-hybridized carbons (Fsp3) is 0.833. The largest absolute Gasteiger partial charge is 0.283 e. The van der Waals surface area contributed by atoms with Gasteiger partial charge in [-0.2, -0.15) is 0 Å². The molecule has 90 valence electrons. The second-order valence-electron chi connectivity index (χ2n) is 3.78. The fourth-order valence-electron chi connectivity index (χ4n) is 2.59. The van der Waals surface area contributed by atoms with E-state index in [0.717, 1.165) is 26.2 Å². The van der Waals surface area contributed by atoms with Gasteiger partial charge in [0, 0.05) is 10.2 Å². The van der Waals surface area contributed by atoms with E-state index < -0.39 is 0 Å². The summed E-state index contributed by atoms with van der Waals surface area (Å²) in [6.07, 6.45) is 2.15. The first kappa shape index (κ1) is 14.9. The summed E-state index contributed by atoms with van der Waals surface area (Å²) in [7, 11) is 1.22. The number of rotatable bonds is 8. The van der Waals surface area contributed by atoms with Gasteiger partial charge in [0.25, 0.3) is 0 Å². The summed E-state index contributed by atoms with van der Waals surface area (Å²) in [6, 6.07) is 1.24. The molecule has 3 heteroatoms. The Balaban J connectivity index is 5.07. The molecule has 0 amide bonds. The lowest BCUT2D eigenvalue weighted by molar-refractivity contribution is 0.00510. The van der Waals surface area contributed by atoms with E-state index in [4.69, 9.17) is 0 Å². The minimum atomic E-state index is 0.110. The predicted molar refractivity (Wildman–Crippen MR) is 73.5 cm³/mol. The third-order valence-electron chi connectivity index (χ3n) is 3.47. The van der Waals surface area contributed by atoms with E-state index in [2.05, 4.69) is 50.1 Å². The molecule has 0 saturated heterocycles. The molecule has 2 nitrogen and oxygen atoms in total. The van der Waals surface area contributed by atoms with Crippen LogP contribution in [0.1, 0.15) is 27.7 Å². The number of nitrogens with zero attached hydrogens (tertiary/aromatic N) is 2. The second kappa shape index (κ2) is 7.20. The van der Waals surface area contributed by atoms with E-state index in [1.165, 1.54) is 16.3 Å². The van der Waals surface area contributed by atoms with Crippen LogP contribution in [0.3, 0.4) is 0 Å². The van der Waals surface area contributed by atoms with Crippen LogP contribution in [0.4, 0.5) is 0 Å². The third-order valence-corrected chi connectivity index (χ3v) is 4.51. The van der Waals surface area contributed by atoms with Gasteiger partial charge in [-0.15, -0.1) is 0 Å². The van der Waals surface area contributed by atoms with Crippen LogP contribution >= 0.6 is 0 Å². The molecule has 0 aliphatic heterocycles. The van der Waals surface area contributed by atoms with Crippen LogP contribution < -0.4 is 0 Å². The molecule has 0 bridgehead atoms. The van der Waals surface area contributed by atoms with Gasteiger partial charge in [0.2, 0.25) is 0 Å². The molecule has 0 rings (SSSR count). The zero-order valence-corrected chi connectivity index (χ0v) is 13.2. The van der Waals surface area contributed by atoms with Crippen molar-refractivity contribution in [2.45, 2.75) is 39.4 Å². The van der Waals surface area contributed by atoms with Crippen molar-refractivity contribution in [1.82, 2.24) is 9.80 Å². The Hall–Kier alpha value is -0.123. The molecule has 0 aromatic carbocycles. The minimum absolute atomic E-state index is 0.110. The lowest BCUT2D eigenvalue weighted by Crippen LogP contribution is -2.59. The zero-order valence-electron chi connectivity index (χ0n) is 11.2. The van der Waals surface area contributed by atoms with Crippen molar-refractivity contribution in [3.63, 3.8) is 0 Å². The lowest BCUT2D eigenvalue weighted by atomic mass is 10.1. The monoisotopic (exact) mass is 228 g/mol. The van der Waals surface area contributed by atoms with Crippen molar-refractivity contribution in [3.8, 4) is 0 Å². The van der Waals surface area contributed by atoms with Gasteiger partial charge in [-0.1, -0.05) is 40.3 Å². The Labute approximate surface area is 98.8 Å². The van der Waals surface area contributed by atoms with E-state index >= 15 is 0 Å². The van der Waals surface area contributed by atoms with Crippen LogP contribution in [0.25, 0.3) is 0 Å². The Kier molecular flexibility index (Phi) is 7.14. The van der Waals surface area contributed by atoms with E-state index in [0.29, 0.717) is 0 Å². The Morgan fingerprint density at radius 2 is 1.33 bits per heavy atom. The zero-order chi connectivity index (χ0) is 11.9. The first-order chi connectivity index (χ1) is 7.16. The first-order valence-corrected chi connectivity index (χ1v) is 7.71. The van der Waals surface area contributed by atoms with Crippen LogP contribution in [0.2, 0.25) is 6.04 Å². The Morgan fingerprint density at radius 3 is 1.47 bits per heavy atom. The highest BCUT2D eigenvalue weighted by Gasteiger charge is 2.34. The summed E-state index contributed by atoms with van der Waals surface area (Å²) < 4.78 is 0. The normalized spacial score (nSPS) is 12.7. The number of hydrogen-bond donors (Lipinski definition) is 0. The van der Waals surface area contributed by atoms with Crippen LogP contribution in [0.5, 0.6) is 0 Å². The highest BCUT2D eigenvalue weighted by molar-refractivity contribution is 6.09. The SMILES string of the molecule is C=CC(C[SiH3])(N(CC)CC)N(CC)CC. The molecule has 0 spiro atoms. The first-order valence-electron chi connectivity index (χ1n) is 6.30. The highest BCUT2D eigenvalue weighted by atomic mass is 28.1. The summed E-state index contributed by atoms with van der Waals surface area (Å²) >= 11 is 0. The number of hydrogen-bond acceptors (Lipinski definition) is 2. The molecular formula is C12H28N2Si. The van der Waals surface area contributed by atoms with E-state index in [-0.39, 0.29) is 5.66 Å². The van der Waals surface area contributed by atoms with Gasteiger partial charge in [-0.25, -0.2) is 0 Å². The summed E-state index contributed by atoms with van der Waals surface area (Å²) in [4.78, 5) is 5.06. The van der Waals surface area contributed by atoms with Crippen molar-refractivity contribution in [2.24, 2.45) is 0 Å². The van der Waals surface area contributed by atoms with Crippen molar-refractivity contribution < 1.29 is 0 Å². The smallest absolute Gasteiger partial charge is 0.0894 e. The maximum absolute atomic E-state index is 4.08. The van der Waals surface area contributed by atoms with Crippen molar-refractivity contribution in [1.29, 1.82) is 0 Å². The van der Waals surface area contributed by atoms with E-state index in [9.17, 15) is 0 Å². The van der Waals surface area contributed by atoms with E-state index in [1.54, 1.807) is 0 Å². The minimum Gasteiger partial charge on any atom is -0.283 e. The maximum atomic E-state index is 4.08. The van der Waals surface area contributed by atoms with Gasteiger partial charge in [0.05, 0.1) is 5.66 Å². The molecule has 0 fully saturated rings. The molecule has 0 aromatic rings. The summed E-state index contributed by atoms with van der Waals surface area (Å²) in [6.45, 7) is 17.4. The summed E-state index contributed by atoms with van der Waals surface area (Å²) in [5.41, 5.74) is 0.110. The molecular weight excluding hydrogens is 200 g/mol. The van der Waals surface area contributed by atoms with E-state index in [1.807, 2.05) is 0 Å². The van der Waals surface area contributed by atoms with Crippen molar-refractivity contribution in [3.05, 3.63) is 12.7 Å². The van der Waals surface area contributed by atoms with Gasteiger partial charge in [-0.3, -0.25) is 9.80 Å². The quantitative estimate of drug-likeness (QED) is 0.351. The van der Waals surface area contributed by atoms with Crippen LogP contribution in [0, 0.1) is 0 Å². The molecule has 0 atom stereocenters. The molecule has 0 heterocycles. The number of likely N-dealkylation sites (N-methyl/N-ethyl adjacent to an activating group) is 2. The standard InChI is InChI=1S/C12H28N2Si/c1-6-12(11-15,13(7-2)8-3)14(9-4)10-5/h6H,1,7-11H2,2-5,15H3. The second-order valence-corrected chi connectivity index (χ2v) is 4.49. The predicted octanol–water partition coefficient (Wildman–Crippen LogP) is 1.34. The van der Waals surface area contributed by atoms with Gasteiger partial charge in [0.1, 0.15) is 0 Å². The lowest BCUT2D eigenvalue weighted by Gasteiger charge is -2.48. The molecule has 0 saturated carbocycles. The summed E-state index contributed by atoms with van der Waals surface area (Å²) in [5.74, 6) is 0. The highest BCUT2D eigenvalue weighted by Crippen LogP contribution is 2.25. The van der Waals surface area contributed by atoms with Gasteiger partial charge in [0.15, 0.2) is 0 Å². The fourth-order valence-corrected chi connectivity index (χ4v) is 3.78. The van der Waals surface area contributed by atoms with Crippen molar-refractivity contribution in [2.75, 3.05) is 26.2 Å². The molecule has 0 N–H and O–H groups in total. The molecule has 0 aliphatic rings. The maximum Gasteiger partial charge on any atom is 0.0894 e. The van der Waals surface area contributed by atoms with Crippen LogP contribution in [-0.4, -0.2) is 51.9 Å². The average Bonchev–Trinajstić information content (AvgIpc) is 2.29.